The van der Waals surface area contributed by atoms with E-state index in [4.69, 9.17) is 11.6 Å². The smallest absolute Gasteiger partial charge is 0.242 e. The van der Waals surface area contributed by atoms with Crippen molar-refractivity contribution in [3.63, 3.8) is 0 Å². The lowest BCUT2D eigenvalue weighted by atomic mass is 10.1. The highest BCUT2D eigenvalue weighted by atomic mass is 35.5. The van der Waals surface area contributed by atoms with E-state index in [2.05, 4.69) is 0 Å². The average molecular weight is 313 g/mol. The molecule has 1 saturated heterocycles. The summed E-state index contributed by atoms with van der Waals surface area (Å²) in [4.78, 5) is 27.1. The third kappa shape index (κ3) is 3.94. The summed E-state index contributed by atoms with van der Waals surface area (Å²) in [6, 6.07) is 4.01. The SMILES string of the molecule is CC(=O)N(CC(=O)N1CCCCC1)c1ccc(F)c(Cl)c1. The van der Waals surface area contributed by atoms with Crippen LogP contribution in [-0.4, -0.2) is 36.3 Å². The number of nitrogens with zero attached hydrogens (tertiary/aromatic N) is 2. The first-order valence-corrected chi connectivity index (χ1v) is 7.38. The predicted octanol–water partition coefficient (Wildman–Crippen LogP) is 2.84. The molecule has 1 fully saturated rings. The van der Waals surface area contributed by atoms with Gasteiger partial charge in [-0.05, 0) is 37.5 Å². The maximum atomic E-state index is 13.2. The molecule has 1 aliphatic rings. The Kier molecular flexibility index (Phi) is 5.17. The number of rotatable bonds is 3. The molecule has 0 N–H and O–H groups in total. The monoisotopic (exact) mass is 312 g/mol. The zero-order valence-corrected chi connectivity index (χ0v) is 12.7. The molecule has 6 heteroatoms. The molecule has 0 unspecified atom stereocenters. The van der Waals surface area contributed by atoms with Crippen LogP contribution in [0.5, 0.6) is 0 Å². The molecule has 1 aromatic rings. The van der Waals surface area contributed by atoms with Crippen molar-refractivity contribution in [2.75, 3.05) is 24.5 Å². The number of halogens is 2. The maximum Gasteiger partial charge on any atom is 0.242 e. The molecular formula is C15H18ClFN2O2. The summed E-state index contributed by atoms with van der Waals surface area (Å²) >= 11 is 5.74. The Morgan fingerprint density at radius 2 is 1.95 bits per heavy atom. The third-order valence-electron chi connectivity index (χ3n) is 3.60. The quantitative estimate of drug-likeness (QED) is 0.861. The van der Waals surface area contributed by atoms with Crippen molar-refractivity contribution in [2.45, 2.75) is 26.2 Å². The molecule has 4 nitrogen and oxygen atoms in total. The standard InChI is InChI=1S/C15H18ClFN2O2/c1-11(20)19(12-5-6-14(17)13(16)9-12)10-15(21)18-7-3-2-4-8-18/h5-6,9H,2-4,7-8,10H2,1H3. The average Bonchev–Trinajstić information content (AvgIpc) is 2.48. The lowest BCUT2D eigenvalue weighted by Gasteiger charge is -2.29. The summed E-state index contributed by atoms with van der Waals surface area (Å²) in [7, 11) is 0. The molecule has 2 amide bonds. The van der Waals surface area contributed by atoms with E-state index < -0.39 is 5.82 Å². The molecule has 0 aliphatic carbocycles. The maximum absolute atomic E-state index is 13.2. The Labute approximate surface area is 128 Å². The van der Waals surface area contributed by atoms with Crippen LogP contribution in [0.15, 0.2) is 18.2 Å². The van der Waals surface area contributed by atoms with E-state index >= 15 is 0 Å². The van der Waals surface area contributed by atoms with E-state index in [0.29, 0.717) is 5.69 Å². The second kappa shape index (κ2) is 6.89. The molecule has 0 bridgehead atoms. The van der Waals surface area contributed by atoms with Crippen molar-refractivity contribution in [2.24, 2.45) is 0 Å². The summed E-state index contributed by atoms with van der Waals surface area (Å²) in [6.07, 6.45) is 3.12. The molecule has 0 radical (unpaired) electrons. The van der Waals surface area contributed by atoms with Crippen LogP contribution >= 0.6 is 11.6 Å². The van der Waals surface area contributed by atoms with Gasteiger partial charge in [0, 0.05) is 25.7 Å². The van der Waals surface area contributed by atoms with Crippen molar-refractivity contribution in [1.29, 1.82) is 0 Å². The van der Waals surface area contributed by atoms with Crippen molar-refractivity contribution in [3.8, 4) is 0 Å². The zero-order valence-electron chi connectivity index (χ0n) is 11.9. The summed E-state index contributed by atoms with van der Waals surface area (Å²) in [5.41, 5.74) is 0.430. The van der Waals surface area contributed by atoms with Gasteiger partial charge in [-0.1, -0.05) is 11.6 Å². The van der Waals surface area contributed by atoms with Crippen LogP contribution in [0.2, 0.25) is 5.02 Å². The van der Waals surface area contributed by atoms with Gasteiger partial charge in [0.25, 0.3) is 0 Å². The van der Waals surface area contributed by atoms with Gasteiger partial charge in [-0.3, -0.25) is 9.59 Å². The molecule has 21 heavy (non-hydrogen) atoms. The van der Waals surface area contributed by atoms with E-state index in [1.807, 2.05) is 0 Å². The Balaban J connectivity index is 2.13. The minimum absolute atomic E-state index is 0.0444. The van der Waals surface area contributed by atoms with Crippen LogP contribution in [0.3, 0.4) is 0 Å². The minimum Gasteiger partial charge on any atom is -0.341 e. The highest BCUT2D eigenvalue weighted by Crippen LogP contribution is 2.23. The first-order valence-electron chi connectivity index (χ1n) is 7.00. The van der Waals surface area contributed by atoms with Gasteiger partial charge in [-0.25, -0.2) is 4.39 Å². The molecule has 1 aromatic carbocycles. The number of benzene rings is 1. The van der Waals surface area contributed by atoms with E-state index in [1.165, 1.54) is 30.0 Å². The van der Waals surface area contributed by atoms with Crippen molar-refractivity contribution < 1.29 is 14.0 Å². The summed E-state index contributed by atoms with van der Waals surface area (Å²) in [6.45, 7) is 2.79. The Morgan fingerprint density at radius 3 is 2.52 bits per heavy atom. The number of carbonyl (C=O) groups is 2. The molecule has 0 spiro atoms. The van der Waals surface area contributed by atoms with Gasteiger partial charge < -0.3 is 9.80 Å². The van der Waals surface area contributed by atoms with Gasteiger partial charge in [0.05, 0.1) is 5.02 Å². The topological polar surface area (TPSA) is 40.6 Å². The number of anilines is 1. The molecule has 0 atom stereocenters. The van der Waals surface area contributed by atoms with Crippen LogP contribution in [0.25, 0.3) is 0 Å². The molecule has 114 valence electrons. The fourth-order valence-corrected chi connectivity index (χ4v) is 2.59. The largest absolute Gasteiger partial charge is 0.341 e. The molecular weight excluding hydrogens is 295 g/mol. The van der Waals surface area contributed by atoms with E-state index in [0.717, 1.165) is 32.4 Å². The number of likely N-dealkylation sites (tertiary alicyclic amines) is 1. The molecule has 1 aliphatic heterocycles. The van der Waals surface area contributed by atoms with Gasteiger partial charge >= 0.3 is 0 Å². The normalized spacial score (nSPS) is 14.9. The van der Waals surface area contributed by atoms with E-state index in [9.17, 15) is 14.0 Å². The van der Waals surface area contributed by atoms with Crippen LogP contribution in [0, 0.1) is 5.82 Å². The van der Waals surface area contributed by atoms with Gasteiger partial charge in [0.15, 0.2) is 0 Å². The van der Waals surface area contributed by atoms with E-state index in [1.54, 1.807) is 4.90 Å². The second-order valence-electron chi connectivity index (χ2n) is 5.15. The summed E-state index contributed by atoms with van der Waals surface area (Å²) in [5.74, 6) is -0.917. The van der Waals surface area contributed by atoms with Gasteiger partial charge in [-0.15, -0.1) is 0 Å². The molecule has 2 rings (SSSR count). The van der Waals surface area contributed by atoms with Gasteiger partial charge in [0.1, 0.15) is 12.4 Å². The third-order valence-corrected chi connectivity index (χ3v) is 3.89. The number of carbonyl (C=O) groups excluding carboxylic acids is 2. The molecule has 1 heterocycles. The van der Waals surface area contributed by atoms with Crippen LogP contribution in [0.4, 0.5) is 10.1 Å². The van der Waals surface area contributed by atoms with Crippen molar-refractivity contribution >= 4 is 29.1 Å². The number of piperidine rings is 1. The minimum atomic E-state index is -0.550. The molecule has 0 aromatic heterocycles. The van der Waals surface area contributed by atoms with Crippen molar-refractivity contribution in [1.82, 2.24) is 4.90 Å². The highest BCUT2D eigenvalue weighted by Gasteiger charge is 2.22. The zero-order chi connectivity index (χ0) is 15.4. The Bertz CT molecular complexity index is 544. The summed E-state index contributed by atoms with van der Waals surface area (Å²) < 4.78 is 13.2. The Hall–Kier alpha value is -1.62. The van der Waals surface area contributed by atoms with Crippen LogP contribution < -0.4 is 4.90 Å². The van der Waals surface area contributed by atoms with Gasteiger partial charge in [-0.2, -0.15) is 0 Å². The van der Waals surface area contributed by atoms with Gasteiger partial charge in [0.2, 0.25) is 11.8 Å². The Morgan fingerprint density at radius 1 is 1.29 bits per heavy atom. The van der Waals surface area contributed by atoms with E-state index in [-0.39, 0.29) is 23.4 Å². The highest BCUT2D eigenvalue weighted by molar-refractivity contribution is 6.31. The second-order valence-corrected chi connectivity index (χ2v) is 5.55. The number of hydrogen-bond donors (Lipinski definition) is 0. The lowest BCUT2D eigenvalue weighted by Crippen LogP contribution is -2.44. The first kappa shape index (κ1) is 15.8. The van der Waals surface area contributed by atoms with Crippen LogP contribution in [-0.2, 0) is 9.59 Å². The fraction of sp³-hybridized carbons (Fsp3) is 0.467. The fourth-order valence-electron chi connectivity index (χ4n) is 2.42. The summed E-state index contributed by atoms with van der Waals surface area (Å²) in [5, 5.41) is -0.0656. The molecule has 0 saturated carbocycles. The van der Waals surface area contributed by atoms with Crippen LogP contribution in [0.1, 0.15) is 26.2 Å². The lowest BCUT2D eigenvalue weighted by molar-refractivity contribution is -0.132. The number of hydrogen-bond acceptors (Lipinski definition) is 2. The van der Waals surface area contributed by atoms with Crippen molar-refractivity contribution in [3.05, 3.63) is 29.0 Å². The first-order chi connectivity index (χ1) is 9.99. The predicted molar refractivity (Wildman–Crippen MR) is 79.9 cm³/mol. The number of amides is 2.